The lowest BCUT2D eigenvalue weighted by Gasteiger charge is -2.48. The predicted molar refractivity (Wildman–Crippen MR) is 400 cm³/mol. The number of benzene rings is 12. The summed E-state index contributed by atoms with van der Waals surface area (Å²) in [5.41, 5.74) is 28.0. The Morgan fingerprint density at radius 1 is 0.333 bits per heavy atom. The summed E-state index contributed by atoms with van der Waals surface area (Å²) in [7, 11) is -3.67. The summed E-state index contributed by atoms with van der Waals surface area (Å²) >= 11 is 0. The fourth-order valence-corrected chi connectivity index (χ4v) is 23.2. The van der Waals surface area contributed by atoms with Crippen molar-refractivity contribution < 1.29 is 4.74 Å². The third-order valence-electron chi connectivity index (χ3n) is 22.3. The van der Waals surface area contributed by atoms with Crippen molar-refractivity contribution in [2.75, 3.05) is 24.5 Å². The Morgan fingerprint density at radius 2 is 0.774 bits per heavy atom. The van der Waals surface area contributed by atoms with Gasteiger partial charge in [0, 0.05) is 80.0 Å². The third kappa shape index (κ3) is 7.76. The highest BCUT2D eigenvalue weighted by molar-refractivity contribution is 7.04. The molecule has 93 heavy (non-hydrogen) atoms. The van der Waals surface area contributed by atoms with Crippen LogP contribution in [0.2, 0.25) is 19.6 Å². The highest BCUT2D eigenvalue weighted by atomic mass is 28.3. The molecule has 12 aromatic rings. The number of anilines is 15. The van der Waals surface area contributed by atoms with Crippen LogP contribution in [0.3, 0.4) is 0 Å². The molecule has 7 aliphatic rings. The van der Waals surface area contributed by atoms with Gasteiger partial charge in [0.05, 0.1) is 11.4 Å². The van der Waals surface area contributed by atoms with Gasteiger partial charge in [-0.15, -0.1) is 0 Å². The van der Waals surface area contributed by atoms with E-state index < -0.39 is 16.9 Å². The topological polar surface area (TPSA) is 25.4 Å². The number of para-hydroxylation sites is 8. The highest BCUT2D eigenvalue weighted by Gasteiger charge is 2.50. The molecule has 0 aromatic heterocycles. The quantitative estimate of drug-likeness (QED) is 0.159. The molecule has 0 unspecified atom stereocenters. The molecule has 0 bridgehead atoms. The van der Waals surface area contributed by atoms with Crippen molar-refractivity contribution in [3.8, 4) is 11.5 Å². The minimum Gasteiger partial charge on any atom is -0.458 e. The molecule has 12 aromatic carbocycles. The molecule has 0 radical (unpaired) electrons. The summed E-state index contributed by atoms with van der Waals surface area (Å²) in [4.78, 5) is 13.0. The average molecular weight is 1230 g/mol. The first-order chi connectivity index (χ1) is 45.3. The minimum atomic E-state index is -2.15. The zero-order chi connectivity index (χ0) is 62.4. The summed E-state index contributed by atoms with van der Waals surface area (Å²) in [6.45, 7) is 17.0. The molecule has 10 heteroatoms. The molecule has 0 atom stereocenters. The van der Waals surface area contributed by atoms with Crippen molar-refractivity contribution in [3.05, 3.63) is 272 Å². The van der Waals surface area contributed by atoms with Gasteiger partial charge < -0.3 is 29.2 Å². The Balaban J connectivity index is 0.914. The standard InChI is InChI=1S/C83H69B2N5OSi2/c1-82(2)44-45-83(3,4)59-46-55(42-43-58(59)82)88-64-32-16-14-30-60(64)84-62-51-63-70(52-69(62)86(53-26-10-8-11-27-53)71-47-56(48-72(88)80(71)84)90-67-35-19-24-40-78(67)93(6,7)79-41-25-20-36-68(79)90)87(54-28-12-9-13-29-54)73-49-57(50-75-81(73)85(63)61-31-15-21-37-74(61)91-75)89-65-33-17-22-38-76(65)92(5)77-39-23-18-34-66(77)89/h8-43,46-52,92H,44-45H2,1-7H3. The molecule has 0 fully saturated rings. The van der Waals surface area contributed by atoms with Crippen LogP contribution in [0.15, 0.2) is 261 Å². The van der Waals surface area contributed by atoms with Crippen LogP contribution in [0.5, 0.6) is 11.5 Å². The molecule has 19 rings (SSSR count). The molecule has 0 saturated carbocycles. The first-order valence-corrected chi connectivity index (χ1v) is 38.7. The Hall–Kier alpha value is -10.00. The number of rotatable bonds is 5. The molecule has 6 nitrogen and oxygen atoms in total. The Morgan fingerprint density at radius 3 is 1.38 bits per heavy atom. The monoisotopic (exact) mass is 1230 g/mol. The average Bonchev–Trinajstić information content (AvgIpc) is 0.693. The van der Waals surface area contributed by atoms with Gasteiger partial charge in [-0.2, -0.15) is 0 Å². The van der Waals surface area contributed by atoms with Gasteiger partial charge in [-0.1, -0.05) is 205 Å². The van der Waals surface area contributed by atoms with Gasteiger partial charge in [0.15, 0.2) is 0 Å². The third-order valence-corrected chi connectivity index (χ3v) is 28.7. The smallest absolute Gasteiger partial charge is 0.256 e. The number of hydrogen-bond acceptors (Lipinski definition) is 6. The van der Waals surface area contributed by atoms with Crippen LogP contribution in [0.4, 0.5) is 85.3 Å². The van der Waals surface area contributed by atoms with Gasteiger partial charge in [-0.3, -0.25) is 0 Å². The Labute approximate surface area is 549 Å². The van der Waals surface area contributed by atoms with Crippen LogP contribution in [0.25, 0.3) is 0 Å². The zero-order valence-corrected chi connectivity index (χ0v) is 55.8. The largest absolute Gasteiger partial charge is 0.458 e. The molecule has 0 saturated heterocycles. The maximum Gasteiger partial charge on any atom is 0.256 e. The van der Waals surface area contributed by atoms with Crippen LogP contribution in [-0.4, -0.2) is 30.3 Å². The number of hydrogen-bond donors (Lipinski definition) is 0. The molecular weight excluding hydrogens is 1160 g/mol. The predicted octanol–water partition coefficient (Wildman–Crippen LogP) is 14.9. The summed E-state index contributed by atoms with van der Waals surface area (Å²) in [5.74, 6) is 1.78. The van der Waals surface area contributed by atoms with E-state index in [1.54, 1.807) is 0 Å². The molecule has 446 valence electrons. The second-order valence-electron chi connectivity index (χ2n) is 28.7. The number of nitrogens with zero attached hydrogens (tertiary/aromatic N) is 5. The van der Waals surface area contributed by atoms with Gasteiger partial charge in [-0.25, -0.2) is 0 Å². The lowest BCUT2D eigenvalue weighted by Crippen LogP contribution is -2.64. The van der Waals surface area contributed by atoms with Crippen LogP contribution < -0.4 is 82.8 Å². The molecular formula is C83H69B2N5OSi2. The van der Waals surface area contributed by atoms with Gasteiger partial charge in [-0.05, 0) is 185 Å². The maximum absolute atomic E-state index is 7.37. The van der Waals surface area contributed by atoms with E-state index in [2.05, 4.69) is 333 Å². The number of fused-ring (bicyclic) bond motifs is 13. The zero-order valence-electron chi connectivity index (χ0n) is 53.6. The van der Waals surface area contributed by atoms with Crippen LogP contribution in [0.1, 0.15) is 51.7 Å². The van der Waals surface area contributed by atoms with E-state index in [1.807, 2.05) is 0 Å². The Kier molecular flexibility index (Phi) is 11.6. The second kappa shape index (κ2) is 19.8. The fraction of sp³-hybridized carbons (Fsp3) is 0.133. The van der Waals surface area contributed by atoms with Crippen molar-refractivity contribution in [1.29, 1.82) is 0 Å². The number of ether oxygens (including phenoxy) is 1. The summed E-state index contributed by atoms with van der Waals surface area (Å²) in [6, 6.07) is 99.9. The maximum atomic E-state index is 7.37. The van der Waals surface area contributed by atoms with Crippen LogP contribution >= 0.6 is 0 Å². The summed E-state index contributed by atoms with van der Waals surface area (Å²) < 4.78 is 7.37. The van der Waals surface area contributed by atoms with E-state index in [4.69, 9.17) is 4.74 Å². The first kappa shape index (κ1) is 54.7. The minimum absolute atomic E-state index is 0.000995. The van der Waals surface area contributed by atoms with Crippen molar-refractivity contribution in [2.45, 2.75) is 71.0 Å². The lowest BCUT2D eigenvalue weighted by atomic mass is 9.30. The van der Waals surface area contributed by atoms with Crippen molar-refractivity contribution in [2.24, 2.45) is 0 Å². The van der Waals surface area contributed by atoms with E-state index in [1.165, 1.54) is 110 Å². The van der Waals surface area contributed by atoms with Gasteiger partial charge >= 0.3 is 0 Å². The van der Waals surface area contributed by atoms with Crippen LogP contribution in [0, 0.1) is 0 Å². The van der Waals surface area contributed by atoms with E-state index in [-0.39, 0.29) is 24.3 Å². The van der Waals surface area contributed by atoms with E-state index in [0.717, 1.165) is 64.2 Å². The van der Waals surface area contributed by atoms with Gasteiger partial charge in [0.1, 0.15) is 28.4 Å². The normalized spacial score (nSPS) is 16.6. The van der Waals surface area contributed by atoms with E-state index in [0.29, 0.717) is 0 Å². The van der Waals surface area contributed by atoms with Gasteiger partial charge in [0.25, 0.3) is 13.4 Å². The van der Waals surface area contributed by atoms with Crippen molar-refractivity contribution >= 4 is 169 Å². The summed E-state index contributed by atoms with van der Waals surface area (Å²) in [6.07, 6.45) is 2.29. The van der Waals surface area contributed by atoms with Crippen molar-refractivity contribution in [3.63, 3.8) is 0 Å². The van der Waals surface area contributed by atoms with Gasteiger partial charge in [0.2, 0.25) is 0 Å². The first-order valence-electron chi connectivity index (χ1n) is 33.3. The Bertz CT molecular complexity index is 5070. The lowest BCUT2D eigenvalue weighted by molar-refractivity contribution is 0.332. The van der Waals surface area contributed by atoms with Crippen LogP contribution in [-0.2, 0) is 10.8 Å². The van der Waals surface area contributed by atoms with E-state index in [9.17, 15) is 0 Å². The molecule has 0 amide bonds. The highest BCUT2D eigenvalue weighted by Crippen LogP contribution is 2.54. The summed E-state index contributed by atoms with van der Waals surface area (Å²) in [5, 5.41) is 5.77. The van der Waals surface area contributed by atoms with Crippen molar-refractivity contribution in [1.82, 2.24) is 0 Å². The molecule has 6 aliphatic heterocycles. The SMILES string of the molecule is C[SiH]1c2ccccc2N(c2cc3c4c(c2)N(c2ccccc2)c2cc5c(cc2B4c2ccccc2O3)B2c3ccccc3N(c3ccc4c(c3)C(C)(C)CCC4(C)C)c3cc(N4c6ccccc6[Si](C)(C)c6ccccc64)cc(c32)N5c2ccccc2)c2ccccc21. The molecule has 1 aliphatic carbocycles. The fourth-order valence-electron chi connectivity index (χ4n) is 17.7. The van der Waals surface area contributed by atoms with E-state index >= 15 is 0 Å². The second-order valence-corrected chi connectivity index (χ2v) is 35.7. The molecule has 0 N–H and O–H groups in total. The molecule has 6 heterocycles. The molecule has 0 spiro atoms.